The number of piperazine rings is 1. The van der Waals surface area contributed by atoms with Gasteiger partial charge in [0.25, 0.3) is 0 Å². The highest BCUT2D eigenvalue weighted by molar-refractivity contribution is 7.89. The summed E-state index contributed by atoms with van der Waals surface area (Å²) < 4.78 is 26.3. The minimum Gasteiger partial charge on any atom is -0.297 e. The Morgan fingerprint density at radius 2 is 1.79 bits per heavy atom. The van der Waals surface area contributed by atoms with Crippen LogP contribution >= 0.6 is 0 Å². The van der Waals surface area contributed by atoms with Crippen LogP contribution in [0.15, 0.2) is 30.3 Å². The monoisotopic (exact) mass is 351 g/mol. The maximum atomic E-state index is 12.3. The van der Waals surface area contributed by atoms with Gasteiger partial charge in [0.2, 0.25) is 10.0 Å². The van der Waals surface area contributed by atoms with Gasteiger partial charge in [-0.25, -0.2) is 12.7 Å². The second-order valence-electron chi connectivity index (χ2n) is 6.94. The van der Waals surface area contributed by atoms with Crippen LogP contribution in [0.3, 0.4) is 0 Å². The highest BCUT2D eigenvalue weighted by Gasteiger charge is 2.39. The lowest BCUT2D eigenvalue weighted by atomic mass is 10.2. The number of nitrogens with zero attached hydrogens (tertiary/aromatic N) is 3. The first-order valence-corrected chi connectivity index (χ1v) is 10.7. The summed E-state index contributed by atoms with van der Waals surface area (Å²) >= 11 is 0. The fourth-order valence-corrected chi connectivity index (χ4v) is 5.48. The van der Waals surface area contributed by atoms with Crippen LogP contribution in [-0.2, 0) is 16.6 Å². The van der Waals surface area contributed by atoms with Crippen LogP contribution in [0.2, 0.25) is 0 Å². The van der Waals surface area contributed by atoms with Gasteiger partial charge >= 0.3 is 0 Å². The molecule has 24 heavy (non-hydrogen) atoms. The Morgan fingerprint density at radius 3 is 2.46 bits per heavy atom. The second kappa shape index (κ2) is 7.95. The van der Waals surface area contributed by atoms with E-state index < -0.39 is 10.0 Å². The number of hydrogen-bond donors (Lipinski definition) is 0. The molecule has 6 heteroatoms. The van der Waals surface area contributed by atoms with Gasteiger partial charge in [0, 0.05) is 51.9 Å². The average Bonchev–Trinajstić information content (AvgIpc) is 2.89. The van der Waals surface area contributed by atoms with Crippen molar-refractivity contribution in [3.05, 3.63) is 35.9 Å². The third-order valence-corrected chi connectivity index (χ3v) is 7.07. The predicted molar refractivity (Wildman–Crippen MR) is 97.3 cm³/mol. The number of rotatable bonds is 6. The molecule has 2 aliphatic rings. The molecule has 0 radical (unpaired) electrons. The Balaban J connectivity index is 1.50. The van der Waals surface area contributed by atoms with Crippen molar-refractivity contribution in [3.8, 4) is 0 Å². The van der Waals surface area contributed by atoms with Crippen molar-refractivity contribution in [2.24, 2.45) is 0 Å². The first-order valence-electron chi connectivity index (χ1n) is 9.06. The third kappa shape index (κ3) is 4.36. The van der Waals surface area contributed by atoms with Crippen molar-refractivity contribution in [1.29, 1.82) is 0 Å². The SMILES string of the molecule is CCCCN1CC(N2CCN(Cc3ccccc3)CC2)CS1(=O)=O. The minimum atomic E-state index is -3.04. The van der Waals surface area contributed by atoms with Crippen LogP contribution in [0.5, 0.6) is 0 Å². The third-order valence-electron chi connectivity index (χ3n) is 5.14. The van der Waals surface area contributed by atoms with Crippen molar-refractivity contribution in [2.75, 3.05) is 45.0 Å². The van der Waals surface area contributed by atoms with Gasteiger partial charge in [0.05, 0.1) is 5.75 Å². The normalized spacial score (nSPS) is 26.0. The molecule has 2 aliphatic heterocycles. The van der Waals surface area contributed by atoms with Crippen LogP contribution in [0.4, 0.5) is 0 Å². The van der Waals surface area contributed by atoms with Crippen LogP contribution in [-0.4, -0.2) is 73.6 Å². The Kier molecular flexibility index (Phi) is 5.92. The first kappa shape index (κ1) is 17.9. The van der Waals surface area contributed by atoms with Crippen LogP contribution in [0, 0.1) is 0 Å². The lowest BCUT2D eigenvalue weighted by Gasteiger charge is -2.37. The van der Waals surface area contributed by atoms with Gasteiger partial charge in [-0.05, 0) is 12.0 Å². The molecule has 0 spiro atoms. The summed E-state index contributed by atoms with van der Waals surface area (Å²) in [7, 11) is -3.04. The van der Waals surface area contributed by atoms with E-state index in [1.807, 2.05) is 6.07 Å². The lowest BCUT2D eigenvalue weighted by Crippen LogP contribution is -2.51. The molecular weight excluding hydrogens is 322 g/mol. The fraction of sp³-hybridized carbons (Fsp3) is 0.667. The Labute approximate surface area is 146 Å². The summed E-state index contributed by atoms with van der Waals surface area (Å²) in [4.78, 5) is 4.84. The van der Waals surface area contributed by atoms with Gasteiger partial charge in [-0.3, -0.25) is 9.80 Å². The van der Waals surface area contributed by atoms with E-state index >= 15 is 0 Å². The van der Waals surface area contributed by atoms with Gasteiger partial charge in [-0.1, -0.05) is 43.7 Å². The van der Waals surface area contributed by atoms with E-state index in [2.05, 4.69) is 41.0 Å². The summed E-state index contributed by atoms with van der Waals surface area (Å²) in [6, 6.07) is 10.7. The Hall–Kier alpha value is -0.950. The zero-order valence-corrected chi connectivity index (χ0v) is 15.4. The molecule has 0 amide bonds. The smallest absolute Gasteiger partial charge is 0.215 e. The largest absolute Gasteiger partial charge is 0.297 e. The van der Waals surface area contributed by atoms with Gasteiger partial charge in [-0.2, -0.15) is 0 Å². The van der Waals surface area contributed by atoms with E-state index in [4.69, 9.17) is 0 Å². The molecule has 2 saturated heterocycles. The Bertz CT molecular complexity index is 612. The van der Waals surface area contributed by atoms with E-state index in [0.717, 1.165) is 45.6 Å². The summed E-state index contributed by atoms with van der Waals surface area (Å²) in [5.41, 5.74) is 1.35. The molecule has 1 unspecified atom stereocenters. The number of unbranched alkanes of at least 4 members (excludes halogenated alkanes) is 1. The second-order valence-corrected chi connectivity index (χ2v) is 8.96. The zero-order chi connectivity index (χ0) is 17.0. The molecule has 1 aromatic carbocycles. The van der Waals surface area contributed by atoms with Crippen LogP contribution in [0.25, 0.3) is 0 Å². The average molecular weight is 352 g/mol. The van der Waals surface area contributed by atoms with Crippen molar-refractivity contribution in [3.63, 3.8) is 0 Å². The fourth-order valence-electron chi connectivity index (χ4n) is 3.66. The van der Waals surface area contributed by atoms with E-state index in [9.17, 15) is 8.42 Å². The standard InChI is InChI=1S/C18H29N3O2S/c1-2-3-9-21-15-18(16-24(21,22)23)20-12-10-19(11-13-20)14-17-7-5-4-6-8-17/h4-8,18H,2-3,9-16H2,1H3. The highest BCUT2D eigenvalue weighted by atomic mass is 32.2. The van der Waals surface area contributed by atoms with Gasteiger partial charge in [0.1, 0.15) is 0 Å². The number of sulfonamides is 1. The first-order chi connectivity index (χ1) is 11.6. The topological polar surface area (TPSA) is 43.9 Å². The molecule has 2 heterocycles. The molecule has 0 saturated carbocycles. The van der Waals surface area contributed by atoms with E-state index in [0.29, 0.717) is 18.8 Å². The van der Waals surface area contributed by atoms with Gasteiger partial charge in [-0.15, -0.1) is 0 Å². The molecular formula is C18H29N3O2S. The van der Waals surface area contributed by atoms with Crippen LogP contribution < -0.4 is 0 Å². The number of hydrogen-bond acceptors (Lipinski definition) is 4. The molecule has 5 nitrogen and oxygen atoms in total. The van der Waals surface area contributed by atoms with Crippen molar-refractivity contribution in [1.82, 2.24) is 14.1 Å². The molecule has 1 aromatic rings. The number of benzene rings is 1. The molecule has 0 aliphatic carbocycles. The summed E-state index contributed by atoms with van der Waals surface area (Å²) in [5, 5.41) is 0. The minimum absolute atomic E-state index is 0.172. The summed E-state index contributed by atoms with van der Waals surface area (Å²) in [6.45, 7) is 8.42. The summed E-state index contributed by atoms with van der Waals surface area (Å²) in [6.07, 6.45) is 1.99. The van der Waals surface area contributed by atoms with Crippen molar-refractivity contribution in [2.45, 2.75) is 32.4 Å². The van der Waals surface area contributed by atoms with Gasteiger partial charge in [0.15, 0.2) is 0 Å². The molecule has 3 rings (SSSR count). The maximum Gasteiger partial charge on any atom is 0.215 e. The lowest BCUT2D eigenvalue weighted by molar-refractivity contribution is 0.0970. The molecule has 2 fully saturated rings. The van der Waals surface area contributed by atoms with Gasteiger partial charge < -0.3 is 0 Å². The van der Waals surface area contributed by atoms with E-state index in [1.54, 1.807) is 4.31 Å². The highest BCUT2D eigenvalue weighted by Crippen LogP contribution is 2.21. The predicted octanol–water partition coefficient (Wildman–Crippen LogP) is 1.62. The molecule has 1 atom stereocenters. The quantitative estimate of drug-likeness (QED) is 0.781. The molecule has 0 bridgehead atoms. The molecule has 134 valence electrons. The van der Waals surface area contributed by atoms with E-state index in [1.165, 1.54) is 5.56 Å². The molecule has 0 N–H and O–H groups in total. The molecule has 0 aromatic heterocycles. The van der Waals surface area contributed by atoms with Crippen molar-refractivity contribution >= 4 is 10.0 Å². The van der Waals surface area contributed by atoms with Crippen LogP contribution in [0.1, 0.15) is 25.3 Å². The maximum absolute atomic E-state index is 12.3. The Morgan fingerprint density at radius 1 is 1.08 bits per heavy atom. The summed E-state index contributed by atoms with van der Waals surface area (Å²) in [5.74, 6) is 0.301. The van der Waals surface area contributed by atoms with Crippen molar-refractivity contribution < 1.29 is 8.42 Å². The van der Waals surface area contributed by atoms with E-state index in [-0.39, 0.29) is 6.04 Å². The zero-order valence-electron chi connectivity index (χ0n) is 14.6.